The Bertz CT molecular complexity index is 853. The van der Waals surface area contributed by atoms with Crippen molar-refractivity contribution in [3.8, 4) is 0 Å². The van der Waals surface area contributed by atoms with E-state index >= 15 is 0 Å². The number of halogens is 3. The maximum absolute atomic E-state index is 11.9. The molecule has 9 heteroatoms. The van der Waals surface area contributed by atoms with E-state index in [-0.39, 0.29) is 24.7 Å². The summed E-state index contributed by atoms with van der Waals surface area (Å²) < 4.78 is 5.41. The summed E-state index contributed by atoms with van der Waals surface area (Å²) >= 11 is 18.7. The van der Waals surface area contributed by atoms with Gasteiger partial charge in [0.25, 0.3) is 5.91 Å². The number of Topliss-reactive ketones (excluding diaryl/α,β-unsaturated/α-hetero) is 1. The second kappa shape index (κ2) is 10.1. The Morgan fingerprint density at radius 2 is 1.81 bits per heavy atom. The summed E-state index contributed by atoms with van der Waals surface area (Å²) in [5.74, 6) is -1.27. The molecule has 0 radical (unpaired) electrons. The van der Waals surface area contributed by atoms with E-state index in [9.17, 15) is 14.4 Å². The van der Waals surface area contributed by atoms with Gasteiger partial charge in [-0.25, -0.2) is 0 Å². The third-order valence-corrected chi connectivity index (χ3v) is 5.60. The summed E-state index contributed by atoms with van der Waals surface area (Å²) in [5, 5.41) is 3.50. The Balaban J connectivity index is 1.73. The van der Waals surface area contributed by atoms with Crippen molar-refractivity contribution in [3.63, 3.8) is 0 Å². The molecule has 2 rings (SSSR count). The van der Waals surface area contributed by atoms with Crippen molar-refractivity contribution in [2.45, 2.75) is 25.8 Å². The third-order valence-electron chi connectivity index (χ3n) is 3.59. The zero-order chi connectivity index (χ0) is 20.0. The van der Waals surface area contributed by atoms with Crippen molar-refractivity contribution in [2.24, 2.45) is 0 Å². The number of benzene rings is 1. The van der Waals surface area contributed by atoms with Crippen LogP contribution in [0.2, 0.25) is 14.4 Å². The van der Waals surface area contributed by atoms with Gasteiger partial charge in [-0.15, -0.1) is 11.3 Å². The van der Waals surface area contributed by atoms with E-state index < -0.39 is 18.5 Å². The standard InChI is InChI=1S/C18H16Cl3NO4S/c1-10(11-2-3-12(19)13(20)8-11)22-17(24)9-26-18(25)7-4-14(23)15-5-6-16(21)27-15/h2-3,5-6,8,10H,4,7,9H2,1H3,(H,22,24). The van der Waals surface area contributed by atoms with Gasteiger partial charge in [0.2, 0.25) is 0 Å². The van der Waals surface area contributed by atoms with Crippen LogP contribution in [0, 0.1) is 0 Å². The number of ether oxygens (including phenoxy) is 1. The summed E-state index contributed by atoms with van der Waals surface area (Å²) in [4.78, 5) is 36.0. The number of nitrogens with one attached hydrogen (secondary N) is 1. The van der Waals surface area contributed by atoms with Gasteiger partial charge >= 0.3 is 5.97 Å². The van der Waals surface area contributed by atoms with Gasteiger partial charge in [-0.05, 0) is 36.8 Å². The minimum absolute atomic E-state index is 0.00300. The number of ketones is 1. The maximum Gasteiger partial charge on any atom is 0.306 e. The summed E-state index contributed by atoms with van der Waals surface area (Å²) in [6.07, 6.45) is -0.110. The first-order valence-corrected chi connectivity index (χ1v) is 9.89. The molecule has 1 heterocycles. The Hall–Kier alpha value is -1.60. The molecule has 0 spiro atoms. The van der Waals surface area contributed by atoms with Crippen molar-refractivity contribution in [1.82, 2.24) is 5.32 Å². The smallest absolute Gasteiger partial charge is 0.306 e. The fourth-order valence-corrected chi connectivity index (χ4v) is 3.49. The molecule has 0 saturated carbocycles. The van der Waals surface area contributed by atoms with Crippen LogP contribution in [-0.4, -0.2) is 24.3 Å². The van der Waals surface area contributed by atoms with Crippen molar-refractivity contribution in [1.29, 1.82) is 0 Å². The van der Waals surface area contributed by atoms with Crippen LogP contribution in [-0.2, 0) is 14.3 Å². The number of carbonyl (C=O) groups is 3. The molecule has 1 atom stereocenters. The quantitative estimate of drug-likeness (QED) is 0.451. The lowest BCUT2D eigenvalue weighted by Crippen LogP contribution is -2.31. The van der Waals surface area contributed by atoms with E-state index in [2.05, 4.69) is 5.32 Å². The van der Waals surface area contributed by atoms with Crippen LogP contribution < -0.4 is 5.32 Å². The Morgan fingerprint density at radius 3 is 2.44 bits per heavy atom. The number of rotatable bonds is 8. The van der Waals surface area contributed by atoms with Gasteiger partial charge in [-0.1, -0.05) is 40.9 Å². The zero-order valence-electron chi connectivity index (χ0n) is 14.3. The molecular weight excluding hydrogens is 433 g/mol. The second-order valence-electron chi connectivity index (χ2n) is 5.65. The van der Waals surface area contributed by atoms with Crippen LogP contribution in [0.15, 0.2) is 30.3 Å². The number of carbonyl (C=O) groups excluding carboxylic acids is 3. The predicted molar refractivity (Wildman–Crippen MR) is 107 cm³/mol. The van der Waals surface area contributed by atoms with Crippen LogP contribution in [0.25, 0.3) is 0 Å². The van der Waals surface area contributed by atoms with Crippen molar-refractivity contribution < 1.29 is 19.1 Å². The highest BCUT2D eigenvalue weighted by Gasteiger charge is 2.15. The highest BCUT2D eigenvalue weighted by Crippen LogP contribution is 2.25. The minimum atomic E-state index is -0.622. The van der Waals surface area contributed by atoms with Crippen molar-refractivity contribution in [3.05, 3.63) is 55.2 Å². The van der Waals surface area contributed by atoms with Crippen molar-refractivity contribution >= 4 is 63.8 Å². The van der Waals surface area contributed by atoms with E-state index in [0.717, 1.165) is 16.9 Å². The molecule has 0 bridgehead atoms. The van der Waals surface area contributed by atoms with Crippen LogP contribution in [0.4, 0.5) is 0 Å². The first-order valence-electron chi connectivity index (χ1n) is 7.94. The van der Waals surface area contributed by atoms with Gasteiger partial charge in [0.15, 0.2) is 12.4 Å². The van der Waals surface area contributed by atoms with E-state index in [1.54, 1.807) is 37.3 Å². The third kappa shape index (κ3) is 6.81. The van der Waals surface area contributed by atoms with Gasteiger partial charge in [0.05, 0.1) is 31.7 Å². The number of thiophene rings is 1. The van der Waals surface area contributed by atoms with E-state index in [0.29, 0.717) is 19.3 Å². The lowest BCUT2D eigenvalue weighted by Gasteiger charge is -2.15. The Labute approximate surface area is 175 Å². The highest BCUT2D eigenvalue weighted by atomic mass is 35.5. The summed E-state index contributed by atoms with van der Waals surface area (Å²) in [5.41, 5.74) is 0.768. The van der Waals surface area contributed by atoms with Crippen molar-refractivity contribution in [2.75, 3.05) is 6.61 Å². The number of hydrogen-bond acceptors (Lipinski definition) is 5. The fourth-order valence-electron chi connectivity index (χ4n) is 2.17. The molecule has 0 aliphatic rings. The van der Waals surface area contributed by atoms with E-state index in [1.165, 1.54) is 0 Å². The highest BCUT2D eigenvalue weighted by molar-refractivity contribution is 7.18. The fraction of sp³-hybridized carbons (Fsp3) is 0.278. The lowest BCUT2D eigenvalue weighted by atomic mass is 10.1. The summed E-state index contributed by atoms with van der Waals surface area (Å²) in [6, 6.07) is 7.93. The van der Waals surface area contributed by atoms with Gasteiger partial charge in [0.1, 0.15) is 0 Å². The van der Waals surface area contributed by atoms with Crippen LogP contribution in [0.5, 0.6) is 0 Å². The van der Waals surface area contributed by atoms with Gasteiger partial charge in [0, 0.05) is 6.42 Å². The van der Waals surface area contributed by atoms with Crippen LogP contribution in [0.1, 0.15) is 41.0 Å². The molecule has 0 aliphatic carbocycles. The van der Waals surface area contributed by atoms with Crippen LogP contribution >= 0.6 is 46.1 Å². The van der Waals surface area contributed by atoms with E-state index in [1.807, 2.05) is 0 Å². The molecule has 144 valence electrons. The number of hydrogen-bond donors (Lipinski definition) is 1. The molecule has 1 amide bonds. The molecule has 1 aromatic carbocycles. The minimum Gasteiger partial charge on any atom is -0.456 e. The first kappa shape index (κ1) is 21.7. The maximum atomic E-state index is 11.9. The Morgan fingerprint density at radius 1 is 1.07 bits per heavy atom. The first-order chi connectivity index (χ1) is 12.8. The molecular formula is C18H16Cl3NO4S. The molecule has 0 saturated heterocycles. The largest absolute Gasteiger partial charge is 0.456 e. The topological polar surface area (TPSA) is 72.5 Å². The summed E-state index contributed by atoms with van der Waals surface area (Å²) in [6.45, 7) is 1.34. The Kier molecular flexibility index (Phi) is 8.10. The van der Waals surface area contributed by atoms with Gasteiger partial charge in [-0.2, -0.15) is 0 Å². The monoisotopic (exact) mass is 447 g/mol. The average Bonchev–Trinajstić information content (AvgIpc) is 3.06. The number of esters is 1. The van der Waals surface area contributed by atoms with Gasteiger partial charge < -0.3 is 10.1 Å². The SMILES string of the molecule is CC(NC(=O)COC(=O)CCC(=O)c1ccc(Cl)s1)c1ccc(Cl)c(Cl)c1. The van der Waals surface area contributed by atoms with Gasteiger partial charge in [-0.3, -0.25) is 14.4 Å². The second-order valence-corrected chi connectivity index (χ2v) is 8.18. The molecule has 0 fully saturated rings. The molecule has 1 aromatic heterocycles. The molecule has 2 aromatic rings. The molecule has 27 heavy (non-hydrogen) atoms. The predicted octanol–water partition coefficient (Wildman–Crippen LogP) is 5.09. The lowest BCUT2D eigenvalue weighted by molar-refractivity contribution is -0.148. The number of amides is 1. The normalized spacial score (nSPS) is 11.7. The van der Waals surface area contributed by atoms with E-state index in [4.69, 9.17) is 39.5 Å². The zero-order valence-corrected chi connectivity index (χ0v) is 17.3. The molecule has 0 aliphatic heterocycles. The average molecular weight is 449 g/mol. The molecule has 1 N–H and O–H groups in total. The van der Waals surface area contributed by atoms with Crippen LogP contribution in [0.3, 0.4) is 0 Å². The molecule has 5 nitrogen and oxygen atoms in total. The molecule has 1 unspecified atom stereocenters. The summed E-state index contributed by atoms with van der Waals surface area (Å²) in [7, 11) is 0.